The largest absolute Gasteiger partial charge is 0.497 e. The summed E-state index contributed by atoms with van der Waals surface area (Å²) in [6.07, 6.45) is 0. The molecular weight excluding hydrogens is 462 g/mol. The van der Waals surface area contributed by atoms with Crippen molar-refractivity contribution in [3.8, 4) is 17.0 Å². The number of aromatic nitrogens is 1. The minimum absolute atomic E-state index is 0.128. The Bertz CT molecular complexity index is 1200. The van der Waals surface area contributed by atoms with Gasteiger partial charge in [0.25, 0.3) is 5.91 Å². The highest BCUT2D eigenvalue weighted by Gasteiger charge is 2.10. The van der Waals surface area contributed by atoms with E-state index in [4.69, 9.17) is 4.74 Å². The van der Waals surface area contributed by atoms with Gasteiger partial charge in [-0.25, -0.2) is 4.98 Å². The first kappa shape index (κ1) is 22.1. The second kappa shape index (κ2) is 10.4. The number of thiophene rings is 1. The first-order valence-corrected chi connectivity index (χ1v) is 12.3. The average Bonchev–Trinajstić information content (AvgIpc) is 3.51. The number of amides is 2. The van der Waals surface area contributed by atoms with E-state index in [-0.39, 0.29) is 17.6 Å². The smallest absolute Gasteiger partial charge is 0.265 e. The maximum Gasteiger partial charge on any atom is 0.265 e. The van der Waals surface area contributed by atoms with E-state index >= 15 is 0 Å². The zero-order valence-corrected chi connectivity index (χ0v) is 19.5. The molecule has 0 aliphatic carbocycles. The number of nitrogens with zero attached hydrogens (tertiary/aromatic N) is 1. The Balaban J connectivity index is 1.28. The van der Waals surface area contributed by atoms with Crippen molar-refractivity contribution in [1.29, 1.82) is 0 Å². The molecule has 0 saturated carbocycles. The van der Waals surface area contributed by atoms with Crippen LogP contribution in [0.1, 0.15) is 9.67 Å². The monoisotopic (exact) mass is 481 g/mol. The Morgan fingerprint density at radius 1 is 1.03 bits per heavy atom. The number of rotatable bonds is 8. The van der Waals surface area contributed by atoms with Crippen molar-refractivity contribution < 1.29 is 14.3 Å². The molecule has 32 heavy (non-hydrogen) atoms. The molecule has 0 aliphatic heterocycles. The van der Waals surface area contributed by atoms with E-state index in [9.17, 15) is 9.59 Å². The number of methoxy groups -OCH3 is 1. The van der Waals surface area contributed by atoms with E-state index in [1.54, 1.807) is 13.2 Å². The summed E-state index contributed by atoms with van der Waals surface area (Å²) in [4.78, 5) is 30.5. The van der Waals surface area contributed by atoms with E-state index in [2.05, 4.69) is 15.6 Å². The predicted molar refractivity (Wildman–Crippen MR) is 132 cm³/mol. The minimum Gasteiger partial charge on any atom is -0.497 e. The number of hydrogen-bond acceptors (Lipinski definition) is 7. The summed E-state index contributed by atoms with van der Waals surface area (Å²) < 4.78 is 5.25. The van der Waals surface area contributed by atoms with Crippen LogP contribution in [0.2, 0.25) is 0 Å². The van der Waals surface area contributed by atoms with Crippen molar-refractivity contribution >= 4 is 57.1 Å². The number of carbonyl (C=O) groups excluding carboxylic acids is 2. The van der Waals surface area contributed by atoms with Gasteiger partial charge < -0.3 is 15.4 Å². The molecule has 0 saturated heterocycles. The van der Waals surface area contributed by atoms with Gasteiger partial charge in [-0.2, -0.15) is 0 Å². The van der Waals surface area contributed by atoms with Crippen molar-refractivity contribution in [2.75, 3.05) is 23.5 Å². The lowest BCUT2D eigenvalue weighted by Gasteiger charge is -2.06. The van der Waals surface area contributed by atoms with Crippen LogP contribution in [0.15, 0.2) is 76.3 Å². The zero-order chi connectivity index (χ0) is 22.3. The fraction of sp³-hybridized carbons (Fsp3) is 0.0870. The Morgan fingerprint density at radius 3 is 2.62 bits per heavy atom. The van der Waals surface area contributed by atoms with Crippen LogP contribution in [0.3, 0.4) is 0 Å². The molecular formula is C23H19N3O3S3. The Labute approximate surface area is 197 Å². The van der Waals surface area contributed by atoms with Gasteiger partial charge in [0, 0.05) is 21.5 Å². The molecule has 2 aromatic heterocycles. The van der Waals surface area contributed by atoms with E-state index in [0.717, 1.165) is 21.9 Å². The van der Waals surface area contributed by atoms with Crippen LogP contribution in [0, 0.1) is 0 Å². The molecule has 0 spiro atoms. The van der Waals surface area contributed by atoms with E-state index < -0.39 is 0 Å². The van der Waals surface area contributed by atoms with Gasteiger partial charge >= 0.3 is 0 Å². The predicted octanol–water partition coefficient (Wildman–Crippen LogP) is 5.86. The maximum absolute atomic E-state index is 12.3. The standard InChI is InChI=1S/C23H19N3O3S3/c1-29-17-5-2-4-15(12-17)19-13-32-23(25-19)26-21(27)14-31-18-9-7-16(8-10-18)24-22(28)20-6-3-11-30-20/h2-13H,14H2,1H3,(H,24,28)(H,25,26,27). The number of thiazole rings is 1. The van der Waals surface area contributed by atoms with Crippen LogP contribution >= 0.6 is 34.4 Å². The van der Waals surface area contributed by atoms with Crippen LogP contribution in [0.4, 0.5) is 10.8 Å². The second-order valence-electron chi connectivity index (χ2n) is 6.56. The number of hydrogen-bond donors (Lipinski definition) is 2. The molecule has 2 heterocycles. The first-order chi connectivity index (χ1) is 15.6. The average molecular weight is 482 g/mol. The van der Waals surface area contributed by atoms with Crippen molar-refractivity contribution in [2.24, 2.45) is 0 Å². The first-order valence-electron chi connectivity index (χ1n) is 9.58. The number of anilines is 2. The molecule has 9 heteroatoms. The number of thioether (sulfide) groups is 1. The van der Waals surface area contributed by atoms with Gasteiger partial charge in [-0.15, -0.1) is 34.4 Å². The Morgan fingerprint density at radius 2 is 1.88 bits per heavy atom. The molecule has 0 atom stereocenters. The highest BCUT2D eigenvalue weighted by atomic mass is 32.2. The van der Waals surface area contributed by atoms with Crippen LogP contribution in [-0.2, 0) is 4.79 Å². The van der Waals surface area contributed by atoms with E-state index in [1.807, 2.05) is 65.4 Å². The van der Waals surface area contributed by atoms with Crippen molar-refractivity contribution in [1.82, 2.24) is 4.98 Å². The van der Waals surface area contributed by atoms with Gasteiger partial charge in [0.2, 0.25) is 5.91 Å². The Kier molecular flexibility index (Phi) is 7.21. The fourth-order valence-corrected chi connectivity index (χ4v) is 4.84. The molecule has 4 aromatic rings. The molecule has 4 rings (SSSR count). The summed E-state index contributed by atoms with van der Waals surface area (Å²) in [6.45, 7) is 0. The van der Waals surface area contributed by atoms with Crippen LogP contribution < -0.4 is 15.4 Å². The van der Waals surface area contributed by atoms with Crippen LogP contribution in [-0.4, -0.2) is 29.7 Å². The van der Waals surface area contributed by atoms with Crippen molar-refractivity contribution in [2.45, 2.75) is 4.90 Å². The summed E-state index contributed by atoms with van der Waals surface area (Å²) >= 11 is 4.20. The molecule has 0 bridgehead atoms. The van der Waals surface area contributed by atoms with Crippen molar-refractivity contribution in [3.63, 3.8) is 0 Å². The number of nitrogens with one attached hydrogen (secondary N) is 2. The summed E-state index contributed by atoms with van der Waals surface area (Å²) in [7, 11) is 1.62. The summed E-state index contributed by atoms with van der Waals surface area (Å²) in [5.74, 6) is 0.761. The molecule has 162 valence electrons. The summed E-state index contributed by atoms with van der Waals surface area (Å²) in [5, 5.41) is 10.0. The number of carbonyl (C=O) groups is 2. The lowest BCUT2D eigenvalue weighted by atomic mass is 10.2. The zero-order valence-electron chi connectivity index (χ0n) is 17.0. The molecule has 2 N–H and O–H groups in total. The number of ether oxygens (including phenoxy) is 1. The lowest BCUT2D eigenvalue weighted by Crippen LogP contribution is -2.13. The van der Waals surface area contributed by atoms with Gasteiger partial charge in [-0.1, -0.05) is 18.2 Å². The topological polar surface area (TPSA) is 80.3 Å². The fourth-order valence-electron chi connectivity index (χ4n) is 2.79. The normalized spacial score (nSPS) is 10.5. The van der Waals surface area contributed by atoms with E-state index in [0.29, 0.717) is 15.7 Å². The molecule has 0 radical (unpaired) electrons. The molecule has 0 unspecified atom stereocenters. The SMILES string of the molecule is COc1cccc(-c2csc(NC(=O)CSc3ccc(NC(=O)c4cccs4)cc3)n2)c1. The third kappa shape index (κ3) is 5.76. The summed E-state index contributed by atoms with van der Waals surface area (Å²) in [6, 6.07) is 18.7. The minimum atomic E-state index is -0.128. The van der Waals surface area contributed by atoms with Crippen molar-refractivity contribution in [3.05, 3.63) is 76.3 Å². The molecule has 0 aliphatic rings. The third-order valence-electron chi connectivity index (χ3n) is 4.34. The van der Waals surface area contributed by atoms with Crippen LogP contribution in [0.5, 0.6) is 5.75 Å². The van der Waals surface area contributed by atoms with Gasteiger partial charge in [-0.05, 0) is 47.8 Å². The molecule has 2 aromatic carbocycles. The third-order valence-corrected chi connectivity index (χ3v) is 6.98. The highest BCUT2D eigenvalue weighted by Crippen LogP contribution is 2.28. The van der Waals surface area contributed by atoms with Crippen LogP contribution in [0.25, 0.3) is 11.3 Å². The number of benzene rings is 2. The van der Waals surface area contributed by atoms with Gasteiger partial charge in [-0.3, -0.25) is 9.59 Å². The lowest BCUT2D eigenvalue weighted by molar-refractivity contribution is -0.113. The van der Waals surface area contributed by atoms with Gasteiger partial charge in [0.1, 0.15) is 5.75 Å². The molecule has 2 amide bonds. The summed E-state index contributed by atoms with van der Waals surface area (Å²) in [5.41, 5.74) is 2.43. The van der Waals surface area contributed by atoms with E-state index in [1.165, 1.54) is 34.4 Å². The maximum atomic E-state index is 12.3. The Hall–Kier alpha value is -3.14. The molecule has 0 fully saturated rings. The second-order valence-corrected chi connectivity index (χ2v) is 9.42. The van der Waals surface area contributed by atoms with Gasteiger partial charge in [0.15, 0.2) is 5.13 Å². The highest BCUT2D eigenvalue weighted by molar-refractivity contribution is 8.00. The molecule has 6 nitrogen and oxygen atoms in total. The quantitative estimate of drug-likeness (QED) is 0.308. The van der Waals surface area contributed by atoms with Gasteiger partial charge in [0.05, 0.1) is 23.4 Å².